The molecule has 0 atom stereocenters. The lowest BCUT2D eigenvalue weighted by molar-refractivity contribution is -0.0437. The zero-order chi connectivity index (χ0) is 14.7. The molecule has 0 bridgehead atoms. The lowest BCUT2D eigenvalue weighted by Gasteiger charge is -2.14. The Morgan fingerprint density at radius 1 is 1.47 bits per heavy atom. The number of halogens is 3. The molecule has 1 aromatic rings. The van der Waals surface area contributed by atoms with Crippen LogP contribution in [-0.4, -0.2) is 32.6 Å². The van der Waals surface area contributed by atoms with E-state index in [-0.39, 0.29) is 10.6 Å². The van der Waals surface area contributed by atoms with E-state index in [0.29, 0.717) is 0 Å². The molecule has 0 amide bonds. The second-order valence-corrected chi connectivity index (χ2v) is 5.74. The molecule has 104 valence electrons. The highest BCUT2D eigenvalue weighted by molar-refractivity contribution is 7.89. The molecule has 9 heteroatoms. The highest BCUT2D eigenvalue weighted by atomic mass is 35.5. The number of sulfonamides is 1. The van der Waals surface area contributed by atoms with Crippen LogP contribution in [0.4, 0.5) is 8.78 Å². The molecule has 0 saturated carbocycles. The Bertz CT molecular complexity index is 614. The molecule has 0 heterocycles. The van der Waals surface area contributed by atoms with E-state index >= 15 is 0 Å². The molecule has 0 spiro atoms. The molecular weight excluding hydrogens is 302 g/mol. The van der Waals surface area contributed by atoms with Crippen LogP contribution in [0.25, 0.3) is 0 Å². The minimum Gasteiger partial charge on any atom is -0.390 e. The number of benzene rings is 1. The summed E-state index contributed by atoms with van der Waals surface area (Å²) in [5.74, 6) is -3.56. The summed E-state index contributed by atoms with van der Waals surface area (Å²) >= 11 is 5.67. The van der Waals surface area contributed by atoms with E-state index in [0.717, 1.165) is 12.1 Å². The lowest BCUT2D eigenvalue weighted by atomic mass is 10.2. The fraction of sp³-hybridized carbons (Fsp3) is 0.300. The Morgan fingerprint density at radius 2 is 2.11 bits per heavy atom. The van der Waals surface area contributed by atoms with E-state index in [4.69, 9.17) is 22.0 Å². The van der Waals surface area contributed by atoms with Crippen molar-refractivity contribution in [2.75, 3.05) is 13.2 Å². The maximum Gasteiger partial charge on any atom is 0.283 e. The van der Waals surface area contributed by atoms with Crippen LogP contribution in [-0.2, 0) is 10.0 Å². The predicted molar refractivity (Wildman–Crippen MR) is 63.4 cm³/mol. The molecule has 0 fully saturated rings. The Kier molecular flexibility index (Phi) is 4.81. The molecule has 0 unspecified atom stereocenters. The van der Waals surface area contributed by atoms with Gasteiger partial charge in [0.05, 0.1) is 23.2 Å². The average molecular weight is 311 g/mol. The minimum atomic E-state index is -4.24. The van der Waals surface area contributed by atoms with E-state index in [1.54, 1.807) is 10.8 Å². The van der Waals surface area contributed by atoms with Crippen molar-refractivity contribution in [1.82, 2.24) is 4.72 Å². The largest absolute Gasteiger partial charge is 0.390 e. The molecule has 0 aliphatic carbocycles. The third-order valence-electron chi connectivity index (χ3n) is 2.10. The molecule has 0 aliphatic rings. The standard InChI is InChI=1S/C10H9ClF2N2O3S/c11-8-3-7(4-14)1-2-9(8)19(17,18)15-5-10(12,13)6-16/h1-3,15-16H,5-6H2. The molecule has 19 heavy (non-hydrogen) atoms. The average Bonchev–Trinajstić information content (AvgIpc) is 2.36. The summed E-state index contributed by atoms with van der Waals surface area (Å²) in [6.45, 7) is -2.72. The van der Waals surface area contributed by atoms with Crippen molar-refractivity contribution in [2.45, 2.75) is 10.8 Å². The number of rotatable bonds is 5. The van der Waals surface area contributed by atoms with Crippen LogP contribution in [0.3, 0.4) is 0 Å². The van der Waals surface area contributed by atoms with Gasteiger partial charge in [-0.05, 0) is 18.2 Å². The van der Waals surface area contributed by atoms with E-state index < -0.39 is 34.0 Å². The number of alkyl halides is 2. The van der Waals surface area contributed by atoms with Crippen LogP contribution in [0, 0.1) is 11.3 Å². The van der Waals surface area contributed by atoms with Gasteiger partial charge in [0.2, 0.25) is 10.0 Å². The molecule has 0 aliphatic heterocycles. The normalized spacial score (nSPS) is 12.2. The fourth-order valence-electron chi connectivity index (χ4n) is 1.12. The van der Waals surface area contributed by atoms with Gasteiger partial charge in [-0.1, -0.05) is 11.6 Å². The smallest absolute Gasteiger partial charge is 0.283 e. The first-order valence-corrected chi connectivity index (χ1v) is 6.76. The van der Waals surface area contributed by atoms with Gasteiger partial charge in [0.25, 0.3) is 5.92 Å². The molecule has 0 radical (unpaired) electrons. The second kappa shape index (κ2) is 5.79. The number of nitrogens with zero attached hydrogens (tertiary/aromatic N) is 1. The number of aliphatic hydroxyl groups excluding tert-OH is 1. The van der Waals surface area contributed by atoms with Crippen LogP contribution in [0.15, 0.2) is 23.1 Å². The van der Waals surface area contributed by atoms with Crippen molar-refractivity contribution >= 4 is 21.6 Å². The second-order valence-electron chi connectivity index (χ2n) is 3.60. The Morgan fingerprint density at radius 3 is 2.58 bits per heavy atom. The van der Waals surface area contributed by atoms with Gasteiger partial charge >= 0.3 is 0 Å². The Labute approximate surface area is 113 Å². The van der Waals surface area contributed by atoms with Crippen LogP contribution in [0.2, 0.25) is 5.02 Å². The monoisotopic (exact) mass is 310 g/mol. The highest BCUT2D eigenvalue weighted by Crippen LogP contribution is 2.23. The van der Waals surface area contributed by atoms with E-state index in [2.05, 4.69) is 0 Å². The minimum absolute atomic E-state index is 0.143. The maximum absolute atomic E-state index is 12.8. The summed E-state index contributed by atoms with van der Waals surface area (Å²) < 4.78 is 50.6. The van der Waals surface area contributed by atoms with Crippen LogP contribution >= 0.6 is 11.6 Å². The SMILES string of the molecule is N#Cc1ccc(S(=O)(=O)NCC(F)(F)CO)c(Cl)c1. The first-order valence-electron chi connectivity index (χ1n) is 4.90. The number of aliphatic hydroxyl groups is 1. The van der Waals surface area contributed by atoms with Gasteiger partial charge in [0.1, 0.15) is 11.5 Å². The van der Waals surface area contributed by atoms with Gasteiger partial charge in [-0.3, -0.25) is 0 Å². The molecular formula is C10H9ClF2N2O3S. The van der Waals surface area contributed by atoms with Crippen molar-refractivity contribution in [1.29, 1.82) is 5.26 Å². The van der Waals surface area contributed by atoms with Gasteiger partial charge in [-0.25, -0.2) is 21.9 Å². The molecule has 2 N–H and O–H groups in total. The van der Waals surface area contributed by atoms with E-state index in [1.165, 1.54) is 6.07 Å². The maximum atomic E-state index is 12.8. The summed E-state index contributed by atoms with van der Waals surface area (Å²) in [4.78, 5) is -0.415. The highest BCUT2D eigenvalue weighted by Gasteiger charge is 2.30. The third kappa shape index (κ3) is 4.11. The summed E-state index contributed by atoms with van der Waals surface area (Å²) in [6, 6.07) is 5.11. The quantitative estimate of drug-likeness (QED) is 0.852. The van der Waals surface area contributed by atoms with Crippen LogP contribution < -0.4 is 4.72 Å². The zero-order valence-corrected chi connectivity index (χ0v) is 11.0. The fourth-order valence-corrected chi connectivity index (χ4v) is 2.73. The Balaban J connectivity index is 2.99. The predicted octanol–water partition coefficient (Wildman–Crippen LogP) is 1.12. The Hall–Kier alpha value is -1.27. The van der Waals surface area contributed by atoms with Crippen LogP contribution in [0.1, 0.15) is 5.56 Å². The van der Waals surface area contributed by atoms with Gasteiger partial charge in [0, 0.05) is 0 Å². The number of nitriles is 1. The first kappa shape index (κ1) is 15.8. The molecule has 0 saturated heterocycles. The van der Waals surface area contributed by atoms with Crippen LogP contribution in [0.5, 0.6) is 0 Å². The lowest BCUT2D eigenvalue weighted by Crippen LogP contribution is -2.39. The topological polar surface area (TPSA) is 90.2 Å². The van der Waals surface area contributed by atoms with Crippen molar-refractivity contribution < 1.29 is 22.3 Å². The summed E-state index contributed by atoms with van der Waals surface area (Å²) in [6.07, 6.45) is 0. The van der Waals surface area contributed by atoms with Gasteiger partial charge in [0.15, 0.2) is 0 Å². The molecule has 1 aromatic carbocycles. The van der Waals surface area contributed by atoms with Gasteiger partial charge in [-0.15, -0.1) is 0 Å². The number of hydrogen-bond acceptors (Lipinski definition) is 4. The molecule has 1 rings (SSSR count). The number of hydrogen-bond donors (Lipinski definition) is 2. The van der Waals surface area contributed by atoms with Crippen molar-refractivity contribution in [2.24, 2.45) is 0 Å². The van der Waals surface area contributed by atoms with E-state index in [1.807, 2.05) is 0 Å². The first-order chi connectivity index (χ1) is 8.72. The summed E-state index contributed by atoms with van der Waals surface area (Å²) in [7, 11) is -4.24. The molecule has 0 aromatic heterocycles. The van der Waals surface area contributed by atoms with Gasteiger partial charge < -0.3 is 5.11 Å². The molecule has 5 nitrogen and oxygen atoms in total. The summed E-state index contributed by atoms with van der Waals surface area (Å²) in [5, 5.41) is 16.7. The summed E-state index contributed by atoms with van der Waals surface area (Å²) in [5.41, 5.74) is 0.143. The van der Waals surface area contributed by atoms with Crippen molar-refractivity contribution in [3.8, 4) is 6.07 Å². The number of nitrogens with one attached hydrogen (secondary N) is 1. The zero-order valence-electron chi connectivity index (χ0n) is 9.40. The van der Waals surface area contributed by atoms with Gasteiger partial charge in [-0.2, -0.15) is 5.26 Å². The van der Waals surface area contributed by atoms with Crippen molar-refractivity contribution in [3.63, 3.8) is 0 Å². The third-order valence-corrected chi connectivity index (χ3v) is 3.99. The van der Waals surface area contributed by atoms with Crippen molar-refractivity contribution in [3.05, 3.63) is 28.8 Å². The van der Waals surface area contributed by atoms with E-state index in [9.17, 15) is 17.2 Å².